The number of thiazole rings is 1. The number of aromatic carboxylic acids is 1. The van der Waals surface area contributed by atoms with Gasteiger partial charge in [0.1, 0.15) is 4.34 Å². The number of carboxylic acids is 1. The van der Waals surface area contributed by atoms with E-state index in [1.54, 1.807) is 41.8 Å². The summed E-state index contributed by atoms with van der Waals surface area (Å²) in [6.45, 7) is 0. The Kier molecular flexibility index (Phi) is 4.77. The van der Waals surface area contributed by atoms with Crippen molar-refractivity contribution < 1.29 is 9.90 Å². The molecule has 3 heterocycles. The van der Waals surface area contributed by atoms with Crippen molar-refractivity contribution >= 4 is 52.0 Å². The number of hydrogen-bond acceptors (Lipinski definition) is 7. The zero-order valence-electron chi connectivity index (χ0n) is 12.9. The molecule has 0 bridgehead atoms. The van der Waals surface area contributed by atoms with Gasteiger partial charge in [0.15, 0.2) is 10.2 Å². The number of thiophene rings is 1. The fraction of sp³-hybridized carbons (Fsp3) is 0. The Morgan fingerprint density at radius 3 is 2.62 bits per heavy atom. The van der Waals surface area contributed by atoms with Crippen LogP contribution in [-0.4, -0.2) is 30.8 Å². The molecule has 0 unspecified atom stereocenters. The number of nitrogens with zero attached hydrogens (tertiary/aromatic N) is 4. The lowest BCUT2D eigenvalue weighted by molar-refractivity contribution is 0.0697. The summed E-state index contributed by atoms with van der Waals surface area (Å²) in [6, 6.07) is 10.5. The van der Waals surface area contributed by atoms with Crippen LogP contribution in [0.5, 0.6) is 0 Å². The van der Waals surface area contributed by atoms with Gasteiger partial charge in [-0.25, -0.2) is 9.78 Å². The van der Waals surface area contributed by atoms with Crippen LogP contribution in [0.4, 0.5) is 0 Å². The molecule has 1 N–H and O–H groups in total. The van der Waals surface area contributed by atoms with Gasteiger partial charge in [-0.15, -0.1) is 21.5 Å². The zero-order chi connectivity index (χ0) is 18.1. The second kappa shape index (κ2) is 7.20. The third-order valence-corrected chi connectivity index (χ3v) is 6.38. The lowest BCUT2D eigenvalue weighted by Gasteiger charge is -2.09. The molecule has 4 rings (SSSR count). The number of rotatable bonds is 5. The molecule has 10 heteroatoms. The summed E-state index contributed by atoms with van der Waals surface area (Å²) >= 11 is 10.2. The molecule has 0 aliphatic carbocycles. The smallest absolute Gasteiger partial charge is 0.335 e. The lowest BCUT2D eigenvalue weighted by Crippen LogP contribution is -2.01. The Morgan fingerprint density at radius 2 is 2.00 bits per heavy atom. The highest BCUT2D eigenvalue weighted by molar-refractivity contribution is 8.00. The highest BCUT2D eigenvalue weighted by atomic mass is 35.5. The summed E-state index contributed by atoms with van der Waals surface area (Å²) in [5.41, 5.74) is 0.994. The normalized spacial score (nSPS) is 11.0. The van der Waals surface area contributed by atoms with Gasteiger partial charge < -0.3 is 5.11 Å². The van der Waals surface area contributed by atoms with E-state index in [4.69, 9.17) is 16.7 Å². The summed E-state index contributed by atoms with van der Waals surface area (Å²) in [5.74, 6) is -0.279. The fourth-order valence-electron chi connectivity index (χ4n) is 2.25. The molecule has 130 valence electrons. The van der Waals surface area contributed by atoms with Crippen LogP contribution in [0.15, 0.2) is 57.5 Å². The minimum atomic E-state index is -0.967. The van der Waals surface area contributed by atoms with Crippen molar-refractivity contribution in [1.29, 1.82) is 0 Å². The van der Waals surface area contributed by atoms with Crippen LogP contribution < -0.4 is 0 Å². The molecule has 1 aromatic carbocycles. The van der Waals surface area contributed by atoms with Crippen LogP contribution in [-0.2, 0) is 0 Å². The molecule has 3 aromatic heterocycles. The highest BCUT2D eigenvalue weighted by Gasteiger charge is 2.19. The van der Waals surface area contributed by atoms with Crippen LogP contribution in [0.3, 0.4) is 0 Å². The Balaban J connectivity index is 1.81. The van der Waals surface area contributed by atoms with Gasteiger partial charge >= 0.3 is 5.97 Å². The number of hydrogen-bond donors (Lipinski definition) is 1. The topological polar surface area (TPSA) is 80.9 Å². The average molecular weight is 421 g/mol. The van der Waals surface area contributed by atoms with Crippen LogP contribution >= 0.6 is 46.0 Å². The maximum absolute atomic E-state index is 11.1. The van der Waals surface area contributed by atoms with Crippen LogP contribution in [0.1, 0.15) is 10.4 Å². The largest absolute Gasteiger partial charge is 0.478 e. The van der Waals surface area contributed by atoms with Crippen LogP contribution in [0.25, 0.3) is 16.4 Å². The summed E-state index contributed by atoms with van der Waals surface area (Å²) < 4.78 is 3.24. The van der Waals surface area contributed by atoms with Crippen molar-refractivity contribution in [3.63, 3.8) is 0 Å². The average Bonchev–Trinajstić information content (AvgIpc) is 3.36. The van der Waals surface area contributed by atoms with E-state index in [-0.39, 0.29) is 5.56 Å². The number of aromatic nitrogens is 4. The van der Waals surface area contributed by atoms with Gasteiger partial charge in [-0.1, -0.05) is 29.0 Å². The van der Waals surface area contributed by atoms with Gasteiger partial charge in [-0.3, -0.25) is 4.57 Å². The van der Waals surface area contributed by atoms with E-state index < -0.39 is 5.97 Å². The maximum atomic E-state index is 11.1. The van der Waals surface area contributed by atoms with Gasteiger partial charge in [0.05, 0.1) is 16.6 Å². The summed E-state index contributed by atoms with van der Waals surface area (Å²) in [6.07, 6.45) is 1.59. The first-order chi connectivity index (χ1) is 12.6. The highest BCUT2D eigenvalue weighted by Crippen LogP contribution is 2.36. The van der Waals surface area contributed by atoms with Crippen molar-refractivity contribution in [1.82, 2.24) is 19.7 Å². The number of carbonyl (C=O) groups is 1. The molecule has 6 nitrogen and oxygen atoms in total. The Labute approximate surface area is 165 Å². The van der Waals surface area contributed by atoms with Crippen molar-refractivity contribution in [2.45, 2.75) is 9.50 Å². The molecule has 0 aliphatic heterocycles. The van der Waals surface area contributed by atoms with Gasteiger partial charge in [0, 0.05) is 5.69 Å². The van der Waals surface area contributed by atoms with E-state index in [1.165, 1.54) is 23.1 Å². The molecular formula is C16H9ClN4O2S3. The first-order valence-electron chi connectivity index (χ1n) is 7.24. The Bertz CT molecular complexity index is 1060. The minimum absolute atomic E-state index is 0.223. The third kappa shape index (κ3) is 3.38. The number of benzene rings is 1. The van der Waals surface area contributed by atoms with Crippen molar-refractivity contribution in [3.05, 3.63) is 57.9 Å². The molecule has 0 atom stereocenters. The first kappa shape index (κ1) is 17.2. The van der Waals surface area contributed by atoms with Gasteiger partial charge in [0.25, 0.3) is 0 Å². The summed E-state index contributed by atoms with van der Waals surface area (Å²) in [4.78, 5) is 16.3. The van der Waals surface area contributed by atoms with E-state index in [0.717, 1.165) is 14.9 Å². The number of halogens is 1. The van der Waals surface area contributed by atoms with E-state index >= 15 is 0 Å². The first-order valence-corrected chi connectivity index (χ1v) is 10.1. The van der Waals surface area contributed by atoms with Gasteiger partial charge in [0.2, 0.25) is 5.16 Å². The van der Waals surface area contributed by atoms with E-state index in [9.17, 15) is 4.79 Å². The second-order valence-electron chi connectivity index (χ2n) is 5.00. The third-order valence-electron chi connectivity index (χ3n) is 3.38. The summed E-state index contributed by atoms with van der Waals surface area (Å²) in [5, 5.41) is 20.3. The molecule has 0 radical (unpaired) electrons. The molecular weight excluding hydrogens is 412 g/mol. The van der Waals surface area contributed by atoms with Gasteiger partial charge in [-0.2, -0.15) is 0 Å². The van der Waals surface area contributed by atoms with E-state index in [1.807, 2.05) is 22.1 Å². The van der Waals surface area contributed by atoms with Crippen molar-refractivity contribution in [2.75, 3.05) is 0 Å². The maximum Gasteiger partial charge on any atom is 0.335 e. The standard InChI is InChI=1S/C16H9ClN4O2S3/c17-12-8-18-16(25-12)26-15-20-19-13(11-2-1-7-24-11)21(15)10-5-3-9(4-6-10)14(22)23/h1-8H,(H,22,23). The Morgan fingerprint density at radius 1 is 1.19 bits per heavy atom. The van der Waals surface area contributed by atoms with Crippen LogP contribution in [0.2, 0.25) is 4.34 Å². The van der Waals surface area contributed by atoms with Crippen molar-refractivity contribution in [3.8, 4) is 16.4 Å². The predicted molar refractivity (Wildman–Crippen MR) is 103 cm³/mol. The SMILES string of the molecule is O=C(O)c1ccc(-n2c(Sc3ncc(Cl)s3)nnc2-c2cccs2)cc1. The molecule has 0 aliphatic rings. The second-order valence-corrected chi connectivity index (χ2v) is 8.83. The molecule has 0 amide bonds. The molecule has 4 aromatic rings. The molecule has 0 saturated heterocycles. The molecule has 0 spiro atoms. The minimum Gasteiger partial charge on any atom is -0.478 e. The molecule has 26 heavy (non-hydrogen) atoms. The zero-order valence-corrected chi connectivity index (χ0v) is 16.1. The molecule has 0 saturated carbocycles. The molecule has 0 fully saturated rings. The quantitative estimate of drug-likeness (QED) is 0.491. The van der Waals surface area contributed by atoms with E-state index in [0.29, 0.717) is 15.3 Å². The van der Waals surface area contributed by atoms with Crippen molar-refractivity contribution in [2.24, 2.45) is 0 Å². The monoisotopic (exact) mass is 420 g/mol. The van der Waals surface area contributed by atoms with Gasteiger partial charge in [-0.05, 0) is 47.5 Å². The number of carboxylic acid groups (broad SMARTS) is 1. The van der Waals surface area contributed by atoms with E-state index in [2.05, 4.69) is 15.2 Å². The lowest BCUT2D eigenvalue weighted by atomic mass is 10.2. The Hall–Kier alpha value is -2.20. The fourth-order valence-corrected chi connectivity index (χ4v) is 5.02. The van der Waals surface area contributed by atoms with Crippen LogP contribution in [0, 0.1) is 0 Å². The predicted octanol–water partition coefficient (Wildman–Crippen LogP) is 4.96. The summed E-state index contributed by atoms with van der Waals surface area (Å²) in [7, 11) is 0.